The molecule has 0 saturated heterocycles. The van der Waals surface area contributed by atoms with Crippen molar-refractivity contribution in [2.24, 2.45) is 34.1 Å². The fourth-order valence-corrected chi connectivity index (χ4v) is 0. The molecule has 0 aliphatic carbocycles. The molecule has 1 amide bonds. The van der Waals surface area contributed by atoms with E-state index < -0.39 is 11.7 Å². The molecule has 140 valence electrons. The Bertz CT molecular complexity index is 274. The second-order valence-corrected chi connectivity index (χ2v) is 1.50. The first-order valence-corrected chi connectivity index (χ1v) is 5.67. The number of nitrogens with two attached hydrogens (primary N) is 5. The molecule has 0 saturated carbocycles. The van der Waals surface area contributed by atoms with Gasteiger partial charge in [-0.15, -0.1) is 0 Å². The Kier molecular flexibility index (Phi) is 195. The van der Waals surface area contributed by atoms with Crippen molar-refractivity contribution in [2.45, 2.75) is 13.8 Å². The Morgan fingerprint density at radius 3 is 1.16 bits per heavy atom. The van der Waals surface area contributed by atoms with Crippen molar-refractivity contribution in [1.29, 1.82) is 5.26 Å². The van der Waals surface area contributed by atoms with E-state index >= 15 is 0 Å². The van der Waals surface area contributed by atoms with Gasteiger partial charge in [-0.3, -0.25) is 9.59 Å². The van der Waals surface area contributed by atoms with Gasteiger partial charge in [0.05, 0.1) is 5.73 Å². The lowest BCUT2D eigenvalue weighted by Gasteiger charge is -1.81. The average Bonchev–Trinajstić information content (AvgIpc) is 2.62. The smallest absolute Gasteiger partial charge is 0.233 e. The van der Waals surface area contributed by atoms with Gasteiger partial charge in [0.2, 0.25) is 29.4 Å². The van der Waals surface area contributed by atoms with Crippen LogP contribution in [0.5, 0.6) is 0 Å². The number of nitriles is 1. The normalized spacial score (nSPS) is 5.84. The minimum absolute atomic E-state index is 0.315. The lowest BCUT2D eigenvalue weighted by Crippen LogP contribution is -2.28. The molecule has 0 heterocycles. The van der Waals surface area contributed by atoms with Crippen LogP contribution in [-0.2, 0) is 0 Å². The summed E-state index contributed by atoms with van der Waals surface area (Å²) >= 11 is 0. The average molecular weight is 358 g/mol. The number of rotatable bonds is 0. The Hall–Kier alpha value is -2.24. The van der Waals surface area contributed by atoms with E-state index in [1.165, 1.54) is 20.1 Å². The third-order valence-electron chi connectivity index (χ3n) is 0.258. The highest BCUT2D eigenvalue weighted by atomic mass is 16.4. The number of hydrogen-bond donors (Lipinski definition) is 9. The lowest BCUT2D eigenvalue weighted by molar-refractivity contribution is 0.220. The summed E-state index contributed by atoms with van der Waals surface area (Å²) in [4.78, 5) is 18.1. The molecular formula is C8H26B4N8O5. The summed E-state index contributed by atoms with van der Waals surface area (Å²) in [5, 5.41) is 30.6. The van der Waals surface area contributed by atoms with Crippen LogP contribution in [0.3, 0.4) is 0 Å². The Labute approximate surface area is 153 Å². The summed E-state index contributed by atoms with van der Waals surface area (Å²) in [5.74, 6) is 7.15. The standard InChI is InChI=1S/C2H6.2CH3BN2O.CBN.CHBO2.2CH5N.H3NO/c1-2;2-1(5)4-3;2-1(3)4-5;2-1-3;2-1(3)4;3*1-2/h1-2H3;3H2,(H,4,5);5H,(H2,3,4);;(H,3,4);2*2H2,1H3;2H,1H2. The molecule has 8 radical (unpaired) electrons. The van der Waals surface area contributed by atoms with Crippen molar-refractivity contribution in [1.82, 2.24) is 5.43 Å². The molecule has 17 heteroatoms. The molecule has 14 N–H and O–H groups in total. The molecule has 0 fully saturated rings. The molecule has 0 unspecified atom stereocenters. The molecule has 0 atom stereocenters. The van der Waals surface area contributed by atoms with Gasteiger partial charge in [0.15, 0.2) is 13.7 Å². The van der Waals surface area contributed by atoms with Crippen molar-refractivity contribution in [3.05, 3.63) is 0 Å². The predicted molar refractivity (Wildman–Crippen MR) is 100 cm³/mol. The number of amidine groups is 1. The maximum Gasteiger partial charge on any atom is 0.233 e. The number of hydrazine groups is 1. The quantitative estimate of drug-likeness (QED) is 0.0391. The first kappa shape index (κ1) is 49.5. The molecule has 13 nitrogen and oxygen atoms in total. The summed E-state index contributed by atoms with van der Waals surface area (Å²) in [6.07, 6.45) is 0. The van der Waals surface area contributed by atoms with Crippen molar-refractivity contribution in [3.63, 3.8) is 0 Å². The minimum atomic E-state index is -1.33. The second kappa shape index (κ2) is 98.5. The van der Waals surface area contributed by atoms with Gasteiger partial charge in [-0.1, -0.05) is 19.0 Å². The van der Waals surface area contributed by atoms with Crippen LogP contribution in [0.1, 0.15) is 13.8 Å². The molecule has 25 heavy (non-hydrogen) atoms. The molecule has 0 aromatic carbocycles. The Morgan fingerprint density at radius 2 is 1.16 bits per heavy atom. The van der Waals surface area contributed by atoms with Gasteiger partial charge >= 0.3 is 0 Å². The highest BCUT2D eigenvalue weighted by Crippen LogP contribution is 1.44. The van der Waals surface area contributed by atoms with E-state index in [1.807, 2.05) is 13.8 Å². The molecule has 0 spiro atoms. The maximum atomic E-state index is 9.35. The molecule has 0 bridgehead atoms. The highest BCUT2D eigenvalue weighted by Gasteiger charge is 1.73. The van der Waals surface area contributed by atoms with Crippen molar-refractivity contribution in [2.75, 3.05) is 14.1 Å². The number of carboxylic acid groups (broad SMARTS) is 1. The zero-order chi connectivity index (χ0) is 22.9. The predicted octanol–water partition coefficient (Wildman–Crippen LogP) is -3.42. The SMILES string of the molecule is CC.CN.CN.NO.[B]C#N.[B]C(=O)NN.[B]C(=O)O.[B]C(N)=NO. The Morgan fingerprint density at radius 1 is 1.08 bits per heavy atom. The van der Waals surface area contributed by atoms with E-state index in [0.717, 1.165) is 0 Å². The van der Waals surface area contributed by atoms with Crippen LogP contribution in [0.2, 0.25) is 0 Å². The third-order valence-corrected chi connectivity index (χ3v) is 0.258. The second-order valence-electron chi connectivity index (χ2n) is 1.50. The van der Waals surface area contributed by atoms with Crippen LogP contribution in [-0.4, -0.2) is 78.4 Å². The number of nitrogens with one attached hydrogen (secondary N) is 1. The van der Waals surface area contributed by atoms with Gasteiger partial charge in [-0.25, -0.2) is 17.0 Å². The summed E-state index contributed by atoms with van der Waals surface area (Å²) < 4.78 is 0. The van der Waals surface area contributed by atoms with Gasteiger partial charge < -0.3 is 38.1 Å². The van der Waals surface area contributed by atoms with E-state index in [2.05, 4.69) is 65.5 Å². The van der Waals surface area contributed by atoms with Crippen LogP contribution in [0.15, 0.2) is 5.16 Å². The number of nitrogens with zero attached hydrogens (tertiary/aromatic N) is 2. The maximum absolute atomic E-state index is 9.35. The molecule has 0 aromatic rings. The van der Waals surface area contributed by atoms with Crippen molar-refractivity contribution >= 4 is 48.8 Å². The zero-order valence-corrected chi connectivity index (χ0v) is 14.7. The van der Waals surface area contributed by atoms with Crippen LogP contribution < -0.4 is 34.4 Å². The van der Waals surface area contributed by atoms with Gasteiger partial charge in [0, 0.05) is 0 Å². The van der Waals surface area contributed by atoms with E-state index in [9.17, 15) is 4.79 Å². The summed E-state index contributed by atoms with van der Waals surface area (Å²) in [5.41, 5.74) is 14.9. The highest BCUT2D eigenvalue weighted by molar-refractivity contribution is 6.58. The number of carbonyl (C=O) groups is 2. The van der Waals surface area contributed by atoms with Crippen molar-refractivity contribution < 1.29 is 25.1 Å². The number of carbonyl (C=O) groups excluding carboxylic acids is 1. The molecule has 0 aliphatic rings. The molecule has 0 aliphatic heterocycles. The topological polar surface area (TPSA) is 273 Å². The fraction of sp³-hybridized carbons (Fsp3) is 0.500. The number of oxime groups is 1. The third kappa shape index (κ3) is 2740. The molecule has 0 rings (SSSR count). The first-order chi connectivity index (χ1) is 11.7. The summed E-state index contributed by atoms with van der Waals surface area (Å²) in [6.45, 7) is 4.00. The largest absolute Gasteiger partial charge is 0.490 e. The van der Waals surface area contributed by atoms with E-state index in [4.69, 9.17) is 25.6 Å². The fourth-order valence-electron chi connectivity index (χ4n) is 0. The van der Waals surface area contributed by atoms with Gasteiger partial charge in [0.25, 0.3) is 0 Å². The summed E-state index contributed by atoms with van der Waals surface area (Å²) in [6, 6.07) is 0. The minimum Gasteiger partial charge on any atom is -0.490 e. The summed E-state index contributed by atoms with van der Waals surface area (Å²) in [7, 11) is 20.2. The van der Waals surface area contributed by atoms with Crippen molar-refractivity contribution in [3.8, 4) is 5.97 Å². The van der Waals surface area contributed by atoms with Crippen LogP contribution in [0.4, 0.5) is 9.59 Å². The van der Waals surface area contributed by atoms with Gasteiger partial charge in [-0.05, 0) is 20.1 Å². The van der Waals surface area contributed by atoms with Crippen LogP contribution in [0, 0.1) is 11.2 Å². The number of hydrogen-bond acceptors (Lipinski definition) is 10. The lowest BCUT2D eigenvalue weighted by atomic mass is 10.1. The molecule has 0 aromatic heterocycles. The zero-order valence-electron chi connectivity index (χ0n) is 14.7. The first-order valence-electron chi connectivity index (χ1n) is 5.67. The van der Waals surface area contributed by atoms with E-state index in [-0.39, 0.29) is 5.73 Å². The Balaban J connectivity index is -0.0000000229. The number of amides is 1. The van der Waals surface area contributed by atoms with Crippen LogP contribution in [0.25, 0.3) is 0 Å². The molecular weight excluding hydrogens is 331 g/mol. The van der Waals surface area contributed by atoms with Gasteiger partial charge in [0.1, 0.15) is 0 Å². The van der Waals surface area contributed by atoms with Crippen LogP contribution >= 0.6 is 0 Å². The van der Waals surface area contributed by atoms with Gasteiger partial charge in [-0.2, -0.15) is 0 Å². The monoisotopic (exact) mass is 358 g/mol. The van der Waals surface area contributed by atoms with E-state index in [0.29, 0.717) is 0 Å². The van der Waals surface area contributed by atoms with E-state index in [1.54, 1.807) is 5.43 Å².